The van der Waals surface area contributed by atoms with Gasteiger partial charge >= 0.3 is 0 Å². The molecule has 1 aliphatic heterocycles. The number of rotatable bonds is 3. The van der Waals surface area contributed by atoms with E-state index in [2.05, 4.69) is 15.6 Å². The molecule has 1 amide bonds. The number of nitrogens with zero attached hydrogens (tertiary/aromatic N) is 1. The highest BCUT2D eigenvalue weighted by molar-refractivity contribution is 5.81. The Labute approximate surface area is 99.7 Å². The minimum absolute atomic E-state index is 0.134. The second-order valence-electron chi connectivity index (χ2n) is 4.03. The van der Waals surface area contributed by atoms with E-state index in [1.807, 2.05) is 13.8 Å². The van der Waals surface area contributed by atoms with Crippen molar-refractivity contribution in [1.29, 1.82) is 0 Å². The van der Waals surface area contributed by atoms with Crippen molar-refractivity contribution in [2.75, 3.05) is 19.7 Å². The maximum Gasteiger partial charge on any atom is 0.250 e. The molecule has 1 atom stereocenters. The van der Waals surface area contributed by atoms with Gasteiger partial charge in [-0.2, -0.15) is 0 Å². The van der Waals surface area contributed by atoms with Gasteiger partial charge in [-0.25, -0.2) is 4.98 Å². The van der Waals surface area contributed by atoms with Crippen LogP contribution in [0, 0.1) is 13.8 Å². The van der Waals surface area contributed by atoms with Crippen LogP contribution in [0.3, 0.4) is 0 Å². The molecule has 0 radical (unpaired) electrons. The molecule has 2 N–H and O–H groups in total. The Morgan fingerprint density at radius 1 is 1.59 bits per heavy atom. The maximum absolute atomic E-state index is 11.7. The van der Waals surface area contributed by atoms with Crippen molar-refractivity contribution in [2.24, 2.45) is 0 Å². The van der Waals surface area contributed by atoms with E-state index in [1.165, 1.54) is 0 Å². The van der Waals surface area contributed by atoms with Crippen LogP contribution in [0.15, 0.2) is 4.42 Å². The molecule has 0 spiro atoms. The van der Waals surface area contributed by atoms with Gasteiger partial charge in [0.1, 0.15) is 11.9 Å². The molecule has 1 saturated heterocycles. The summed E-state index contributed by atoms with van der Waals surface area (Å²) < 4.78 is 10.7. The summed E-state index contributed by atoms with van der Waals surface area (Å²) >= 11 is 0. The summed E-state index contributed by atoms with van der Waals surface area (Å²) in [5.41, 5.74) is 0.852. The number of aryl methyl sites for hydroxylation is 2. The number of aromatic nitrogens is 1. The highest BCUT2D eigenvalue weighted by Crippen LogP contribution is 2.07. The number of ether oxygens (including phenoxy) is 1. The minimum atomic E-state index is -0.416. The Balaban J connectivity index is 1.83. The maximum atomic E-state index is 11.7. The number of hydrogen-bond donors (Lipinski definition) is 2. The predicted molar refractivity (Wildman–Crippen MR) is 60.4 cm³/mol. The molecular formula is C11H17N3O3. The summed E-state index contributed by atoms with van der Waals surface area (Å²) in [6, 6.07) is 0. The smallest absolute Gasteiger partial charge is 0.250 e. The molecular weight excluding hydrogens is 222 g/mol. The van der Waals surface area contributed by atoms with Crippen LogP contribution >= 0.6 is 0 Å². The molecule has 1 unspecified atom stereocenters. The highest BCUT2D eigenvalue weighted by atomic mass is 16.5. The fourth-order valence-electron chi connectivity index (χ4n) is 1.63. The average molecular weight is 239 g/mol. The van der Waals surface area contributed by atoms with E-state index in [0.717, 1.165) is 18.0 Å². The number of carbonyl (C=O) groups excluding carboxylic acids is 1. The van der Waals surface area contributed by atoms with Crippen molar-refractivity contribution in [1.82, 2.24) is 15.6 Å². The predicted octanol–water partition coefficient (Wildman–Crippen LogP) is -0.104. The van der Waals surface area contributed by atoms with Gasteiger partial charge in [-0.3, -0.25) is 4.79 Å². The summed E-state index contributed by atoms with van der Waals surface area (Å²) in [7, 11) is 0. The molecule has 1 aromatic rings. The van der Waals surface area contributed by atoms with Gasteiger partial charge in [0.2, 0.25) is 5.89 Å². The Bertz CT molecular complexity index is 377. The fraction of sp³-hybridized carbons (Fsp3) is 0.636. The first kappa shape index (κ1) is 12.1. The zero-order chi connectivity index (χ0) is 12.3. The number of morpholine rings is 1. The van der Waals surface area contributed by atoms with Crippen molar-refractivity contribution in [3.05, 3.63) is 17.3 Å². The van der Waals surface area contributed by atoms with E-state index in [0.29, 0.717) is 25.6 Å². The lowest BCUT2D eigenvalue weighted by atomic mass is 10.3. The second-order valence-corrected chi connectivity index (χ2v) is 4.03. The highest BCUT2D eigenvalue weighted by Gasteiger charge is 2.21. The Hall–Kier alpha value is -1.40. The quantitative estimate of drug-likeness (QED) is 0.770. The third-order valence-electron chi connectivity index (χ3n) is 2.71. The summed E-state index contributed by atoms with van der Waals surface area (Å²) in [6.07, 6.45) is -0.416. The fourth-order valence-corrected chi connectivity index (χ4v) is 1.63. The topological polar surface area (TPSA) is 76.4 Å². The molecule has 6 heteroatoms. The van der Waals surface area contributed by atoms with Crippen LogP contribution in [0.4, 0.5) is 0 Å². The normalized spacial score (nSPS) is 20.2. The average Bonchev–Trinajstić information content (AvgIpc) is 2.67. The van der Waals surface area contributed by atoms with Gasteiger partial charge in [0.15, 0.2) is 0 Å². The first-order valence-corrected chi connectivity index (χ1v) is 5.70. The molecule has 2 heterocycles. The number of hydrogen-bond acceptors (Lipinski definition) is 5. The SMILES string of the molecule is Cc1nc(CNC(=O)C2CNCCO2)oc1C. The lowest BCUT2D eigenvalue weighted by Gasteiger charge is -2.22. The first-order valence-electron chi connectivity index (χ1n) is 5.70. The molecule has 0 bridgehead atoms. The van der Waals surface area contributed by atoms with Gasteiger partial charge in [0.25, 0.3) is 5.91 Å². The Morgan fingerprint density at radius 3 is 3.00 bits per heavy atom. The third-order valence-corrected chi connectivity index (χ3v) is 2.71. The van der Waals surface area contributed by atoms with Crippen molar-refractivity contribution in [3.63, 3.8) is 0 Å². The molecule has 6 nitrogen and oxygen atoms in total. The molecule has 0 aromatic carbocycles. The molecule has 1 aromatic heterocycles. The first-order chi connectivity index (χ1) is 8.16. The van der Waals surface area contributed by atoms with Gasteiger partial charge in [-0.15, -0.1) is 0 Å². The number of carbonyl (C=O) groups is 1. The summed E-state index contributed by atoms with van der Waals surface area (Å²) in [5, 5.41) is 5.85. The summed E-state index contributed by atoms with van der Waals surface area (Å²) in [4.78, 5) is 15.9. The molecule has 0 saturated carbocycles. The van der Waals surface area contributed by atoms with Gasteiger partial charge in [0.05, 0.1) is 18.8 Å². The number of amides is 1. The van der Waals surface area contributed by atoms with Crippen LogP contribution in [0.5, 0.6) is 0 Å². The van der Waals surface area contributed by atoms with E-state index in [9.17, 15) is 4.79 Å². The van der Waals surface area contributed by atoms with Crippen molar-refractivity contribution in [3.8, 4) is 0 Å². The molecule has 1 aliphatic rings. The van der Waals surface area contributed by atoms with Crippen LogP contribution in [0.1, 0.15) is 17.3 Å². The largest absolute Gasteiger partial charge is 0.444 e. The van der Waals surface area contributed by atoms with Gasteiger partial charge < -0.3 is 19.8 Å². The van der Waals surface area contributed by atoms with Crippen LogP contribution in [0.2, 0.25) is 0 Å². The van der Waals surface area contributed by atoms with Crippen molar-refractivity contribution >= 4 is 5.91 Å². The van der Waals surface area contributed by atoms with E-state index in [1.54, 1.807) is 0 Å². The number of nitrogens with one attached hydrogen (secondary N) is 2. The molecule has 1 fully saturated rings. The Morgan fingerprint density at radius 2 is 2.41 bits per heavy atom. The zero-order valence-electron chi connectivity index (χ0n) is 10.1. The monoisotopic (exact) mass is 239 g/mol. The van der Waals surface area contributed by atoms with E-state index >= 15 is 0 Å². The second kappa shape index (κ2) is 5.29. The minimum Gasteiger partial charge on any atom is -0.444 e. The third kappa shape index (κ3) is 3.04. The van der Waals surface area contributed by atoms with Gasteiger partial charge in [-0.1, -0.05) is 0 Å². The zero-order valence-corrected chi connectivity index (χ0v) is 10.1. The van der Waals surface area contributed by atoms with Crippen LogP contribution in [-0.2, 0) is 16.1 Å². The van der Waals surface area contributed by atoms with E-state index < -0.39 is 6.10 Å². The van der Waals surface area contributed by atoms with E-state index in [4.69, 9.17) is 9.15 Å². The molecule has 94 valence electrons. The summed E-state index contributed by atoms with van der Waals surface area (Å²) in [5.74, 6) is 1.17. The Kier molecular flexibility index (Phi) is 3.75. The van der Waals surface area contributed by atoms with Crippen LogP contribution in [-0.4, -0.2) is 36.7 Å². The molecule has 17 heavy (non-hydrogen) atoms. The van der Waals surface area contributed by atoms with E-state index in [-0.39, 0.29) is 5.91 Å². The van der Waals surface area contributed by atoms with Gasteiger partial charge in [-0.05, 0) is 13.8 Å². The standard InChI is InChI=1S/C11H17N3O3/c1-7-8(2)17-10(14-7)6-13-11(15)9-5-12-3-4-16-9/h9,12H,3-6H2,1-2H3,(H,13,15). The van der Waals surface area contributed by atoms with Gasteiger partial charge in [0, 0.05) is 13.1 Å². The van der Waals surface area contributed by atoms with Crippen LogP contribution < -0.4 is 10.6 Å². The molecule has 2 rings (SSSR count). The lowest BCUT2D eigenvalue weighted by molar-refractivity contribution is -0.134. The van der Waals surface area contributed by atoms with Crippen molar-refractivity contribution in [2.45, 2.75) is 26.5 Å². The summed E-state index contributed by atoms with van der Waals surface area (Å²) in [6.45, 7) is 5.93. The number of oxazole rings is 1. The molecule has 0 aliphatic carbocycles. The van der Waals surface area contributed by atoms with Crippen LogP contribution in [0.25, 0.3) is 0 Å². The van der Waals surface area contributed by atoms with Crippen molar-refractivity contribution < 1.29 is 13.9 Å². The lowest BCUT2D eigenvalue weighted by Crippen LogP contribution is -2.47.